The van der Waals surface area contributed by atoms with E-state index in [9.17, 15) is 4.39 Å². The highest BCUT2D eigenvalue weighted by Gasteiger charge is 2.10. The van der Waals surface area contributed by atoms with Crippen LogP contribution in [0.4, 0.5) is 4.39 Å². The molecule has 3 heteroatoms. The molecule has 1 heterocycles. The number of aryl methyl sites for hydroxylation is 2. The molecule has 1 nitrogen and oxygen atoms in total. The molecule has 0 aliphatic heterocycles. The minimum atomic E-state index is -0.204. The third-order valence-electron chi connectivity index (χ3n) is 3.16. The molecule has 0 aliphatic rings. The fraction of sp³-hybridized carbons (Fsp3) is 0.333. The molecular formula is C15H18FNS. The molecule has 1 aromatic heterocycles. The van der Waals surface area contributed by atoms with E-state index in [4.69, 9.17) is 5.73 Å². The van der Waals surface area contributed by atoms with E-state index in [0.717, 1.165) is 30.4 Å². The highest BCUT2D eigenvalue weighted by Crippen LogP contribution is 2.22. The molecule has 0 fully saturated rings. The summed E-state index contributed by atoms with van der Waals surface area (Å²) >= 11 is 1.78. The van der Waals surface area contributed by atoms with Crippen LogP contribution in [0.2, 0.25) is 0 Å². The molecule has 96 valence electrons. The SMILES string of the molecule is Cc1ccc(F)cc1C(N)CCCc1cccs1. The summed E-state index contributed by atoms with van der Waals surface area (Å²) in [5.74, 6) is -0.204. The number of hydrogen-bond donors (Lipinski definition) is 1. The summed E-state index contributed by atoms with van der Waals surface area (Å²) in [7, 11) is 0. The van der Waals surface area contributed by atoms with Crippen LogP contribution in [-0.2, 0) is 6.42 Å². The molecule has 0 bridgehead atoms. The lowest BCUT2D eigenvalue weighted by Crippen LogP contribution is -2.12. The number of thiophene rings is 1. The van der Waals surface area contributed by atoms with Crippen molar-refractivity contribution in [3.8, 4) is 0 Å². The maximum absolute atomic E-state index is 13.2. The first-order valence-electron chi connectivity index (χ1n) is 6.21. The van der Waals surface area contributed by atoms with E-state index in [2.05, 4.69) is 17.5 Å². The smallest absolute Gasteiger partial charge is 0.123 e. The second-order valence-electron chi connectivity index (χ2n) is 4.58. The van der Waals surface area contributed by atoms with Crippen LogP contribution in [-0.4, -0.2) is 0 Å². The van der Waals surface area contributed by atoms with Gasteiger partial charge in [-0.2, -0.15) is 0 Å². The van der Waals surface area contributed by atoms with Crippen LogP contribution in [0, 0.1) is 12.7 Å². The molecule has 1 aromatic carbocycles. The van der Waals surface area contributed by atoms with Crippen LogP contribution < -0.4 is 5.73 Å². The van der Waals surface area contributed by atoms with Gasteiger partial charge < -0.3 is 5.73 Å². The zero-order valence-electron chi connectivity index (χ0n) is 10.5. The summed E-state index contributed by atoms with van der Waals surface area (Å²) in [5, 5.41) is 2.09. The van der Waals surface area contributed by atoms with Gasteiger partial charge in [0, 0.05) is 10.9 Å². The highest BCUT2D eigenvalue weighted by atomic mass is 32.1. The van der Waals surface area contributed by atoms with E-state index >= 15 is 0 Å². The van der Waals surface area contributed by atoms with Crippen LogP contribution in [0.5, 0.6) is 0 Å². The van der Waals surface area contributed by atoms with Crippen LogP contribution in [0.25, 0.3) is 0 Å². The van der Waals surface area contributed by atoms with Gasteiger partial charge in [0.05, 0.1) is 0 Å². The average molecular weight is 263 g/mol. The van der Waals surface area contributed by atoms with Crippen molar-refractivity contribution in [2.45, 2.75) is 32.2 Å². The fourth-order valence-corrected chi connectivity index (χ4v) is 2.87. The largest absolute Gasteiger partial charge is 0.324 e. The van der Waals surface area contributed by atoms with Gasteiger partial charge in [-0.15, -0.1) is 11.3 Å². The van der Waals surface area contributed by atoms with Gasteiger partial charge in [0.15, 0.2) is 0 Å². The van der Waals surface area contributed by atoms with E-state index in [1.807, 2.05) is 6.92 Å². The Hall–Kier alpha value is -1.19. The van der Waals surface area contributed by atoms with Gasteiger partial charge in [0.1, 0.15) is 5.82 Å². The Morgan fingerprint density at radius 2 is 2.17 bits per heavy atom. The summed E-state index contributed by atoms with van der Waals surface area (Å²) in [6, 6.07) is 8.98. The molecule has 0 radical (unpaired) electrons. The Kier molecular flexibility index (Phi) is 4.50. The minimum Gasteiger partial charge on any atom is -0.324 e. The third kappa shape index (κ3) is 3.40. The Balaban J connectivity index is 1.91. The lowest BCUT2D eigenvalue weighted by Gasteiger charge is -2.14. The quantitative estimate of drug-likeness (QED) is 0.858. The number of rotatable bonds is 5. The monoisotopic (exact) mass is 263 g/mol. The molecule has 0 amide bonds. The van der Waals surface area contributed by atoms with Crippen LogP contribution in [0.3, 0.4) is 0 Å². The van der Waals surface area contributed by atoms with Gasteiger partial charge in [0.2, 0.25) is 0 Å². The summed E-state index contributed by atoms with van der Waals surface area (Å²) in [6.07, 6.45) is 2.99. The molecule has 0 saturated heterocycles. The van der Waals surface area contributed by atoms with Crippen molar-refractivity contribution < 1.29 is 4.39 Å². The third-order valence-corrected chi connectivity index (χ3v) is 4.10. The molecule has 1 atom stereocenters. The maximum atomic E-state index is 13.2. The van der Waals surface area contributed by atoms with E-state index < -0.39 is 0 Å². The molecule has 18 heavy (non-hydrogen) atoms. The zero-order valence-corrected chi connectivity index (χ0v) is 11.3. The molecule has 0 spiro atoms. The Morgan fingerprint density at radius 3 is 2.89 bits per heavy atom. The Labute approximate surface area is 111 Å². The summed E-state index contributed by atoms with van der Waals surface area (Å²) in [5.41, 5.74) is 8.14. The molecular weight excluding hydrogens is 245 g/mol. The standard InChI is InChI=1S/C15H18FNS/c1-11-7-8-12(16)10-14(11)15(17)6-2-4-13-5-3-9-18-13/h3,5,7-10,15H,2,4,6,17H2,1H3. The summed E-state index contributed by atoms with van der Waals surface area (Å²) < 4.78 is 13.2. The molecule has 1 unspecified atom stereocenters. The summed E-state index contributed by atoms with van der Waals surface area (Å²) in [6.45, 7) is 1.98. The number of halogens is 1. The molecule has 0 saturated carbocycles. The van der Waals surface area contributed by atoms with Gasteiger partial charge >= 0.3 is 0 Å². The lowest BCUT2D eigenvalue weighted by molar-refractivity contribution is 0.592. The second kappa shape index (κ2) is 6.12. The molecule has 0 aliphatic carbocycles. The highest BCUT2D eigenvalue weighted by molar-refractivity contribution is 7.09. The van der Waals surface area contributed by atoms with Crippen molar-refractivity contribution >= 4 is 11.3 Å². The van der Waals surface area contributed by atoms with E-state index in [1.54, 1.807) is 23.5 Å². The van der Waals surface area contributed by atoms with E-state index in [1.165, 1.54) is 10.9 Å². The van der Waals surface area contributed by atoms with Crippen LogP contribution in [0.15, 0.2) is 35.7 Å². The zero-order chi connectivity index (χ0) is 13.0. The van der Waals surface area contributed by atoms with E-state index in [-0.39, 0.29) is 11.9 Å². The predicted molar refractivity (Wildman–Crippen MR) is 75.3 cm³/mol. The average Bonchev–Trinajstić information content (AvgIpc) is 2.85. The van der Waals surface area contributed by atoms with Gasteiger partial charge in [-0.05, 0) is 60.9 Å². The second-order valence-corrected chi connectivity index (χ2v) is 5.61. The number of benzene rings is 1. The topological polar surface area (TPSA) is 26.0 Å². The number of hydrogen-bond acceptors (Lipinski definition) is 2. The molecule has 2 N–H and O–H groups in total. The van der Waals surface area contributed by atoms with Crippen molar-refractivity contribution in [1.82, 2.24) is 0 Å². The number of nitrogens with two attached hydrogens (primary N) is 1. The van der Waals surface area contributed by atoms with E-state index in [0.29, 0.717) is 0 Å². The predicted octanol–water partition coefficient (Wildman–Crippen LogP) is 4.22. The van der Waals surface area contributed by atoms with Crippen molar-refractivity contribution in [2.24, 2.45) is 5.73 Å². The fourth-order valence-electron chi connectivity index (χ4n) is 2.12. The first-order valence-corrected chi connectivity index (χ1v) is 7.09. The van der Waals surface area contributed by atoms with Gasteiger partial charge in [-0.25, -0.2) is 4.39 Å². The van der Waals surface area contributed by atoms with Crippen LogP contribution >= 0.6 is 11.3 Å². The van der Waals surface area contributed by atoms with Gasteiger partial charge in [-0.1, -0.05) is 12.1 Å². The van der Waals surface area contributed by atoms with Crippen molar-refractivity contribution in [1.29, 1.82) is 0 Å². The normalized spacial score (nSPS) is 12.6. The van der Waals surface area contributed by atoms with Crippen molar-refractivity contribution in [2.75, 3.05) is 0 Å². The summed E-state index contributed by atoms with van der Waals surface area (Å²) in [4.78, 5) is 1.39. The first-order chi connectivity index (χ1) is 8.66. The Morgan fingerprint density at radius 1 is 1.33 bits per heavy atom. The van der Waals surface area contributed by atoms with Crippen molar-refractivity contribution in [3.63, 3.8) is 0 Å². The van der Waals surface area contributed by atoms with Gasteiger partial charge in [0.25, 0.3) is 0 Å². The van der Waals surface area contributed by atoms with Crippen molar-refractivity contribution in [3.05, 3.63) is 57.5 Å². The Bertz CT molecular complexity index is 493. The van der Waals surface area contributed by atoms with Gasteiger partial charge in [-0.3, -0.25) is 0 Å². The molecule has 2 rings (SSSR count). The molecule has 2 aromatic rings. The lowest BCUT2D eigenvalue weighted by atomic mass is 9.97. The van der Waals surface area contributed by atoms with Crippen LogP contribution in [0.1, 0.15) is 34.9 Å². The minimum absolute atomic E-state index is 0.0688. The maximum Gasteiger partial charge on any atom is 0.123 e. The first kappa shape index (κ1) is 13.2.